The third kappa shape index (κ3) is 3.22. The molecule has 6 nitrogen and oxygen atoms in total. The standard InChI is InChI=1S/C16H14ClN3O3/c1-23-12-3-4-13(14(21)6-12)16(22)18-7-11-9-20-8-10(17)2-5-15(20)19-11/h2-6,8-9,21H,7H2,1H3,(H,18,22). The van der Waals surface area contributed by atoms with Gasteiger partial charge in [-0.2, -0.15) is 0 Å². The average Bonchev–Trinajstić information content (AvgIpc) is 2.94. The first-order valence-corrected chi connectivity index (χ1v) is 7.23. The summed E-state index contributed by atoms with van der Waals surface area (Å²) in [4.78, 5) is 16.5. The van der Waals surface area contributed by atoms with Crippen molar-refractivity contribution in [1.29, 1.82) is 0 Å². The molecule has 0 radical (unpaired) electrons. The average molecular weight is 332 g/mol. The number of hydrogen-bond acceptors (Lipinski definition) is 4. The summed E-state index contributed by atoms with van der Waals surface area (Å²) in [6.45, 7) is 0.240. The van der Waals surface area contributed by atoms with Gasteiger partial charge in [-0.3, -0.25) is 4.79 Å². The molecule has 118 valence electrons. The molecule has 0 fully saturated rings. The molecule has 0 spiro atoms. The summed E-state index contributed by atoms with van der Waals surface area (Å²) >= 11 is 5.92. The van der Waals surface area contributed by atoms with E-state index in [-0.39, 0.29) is 23.8 Å². The predicted octanol–water partition coefficient (Wildman–Crippen LogP) is 2.63. The number of ether oxygens (including phenoxy) is 1. The topological polar surface area (TPSA) is 75.9 Å². The number of carbonyl (C=O) groups excluding carboxylic acids is 1. The van der Waals surface area contributed by atoms with Gasteiger partial charge in [0.1, 0.15) is 17.1 Å². The molecule has 0 unspecified atom stereocenters. The van der Waals surface area contributed by atoms with Gasteiger partial charge >= 0.3 is 0 Å². The Balaban J connectivity index is 1.72. The molecule has 23 heavy (non-hydrogen) atoms. The van der Waals surface area contributed by atoms with Crippen LogP contribution in [-0.4, -0.2) is 27.5 Å². The maximum atomic E-state index is 12.1. The van der Waals surface area contributed by atoms with Gasteiger partial charge in [0.05, 0.1) is 29.9 Å². The van der Waals surface area contributed by atoms with E-state index in [4.69, 9.17) is 16.3 Å². The Morgan fingerprint density at radius 1 is 1.35 bits per heavy atom. The molecule has 3 aromatic rings. The molecule has 0 aliphatic carbocycles. The highest BCUT2D eigenvalue weighted by molar-refractivity contribution is 6.30. The number of pyridine rings is 1. The van der Waals surface area contributed by atoms with E-state index >= 15 is 0 Å². The first-order valence-electron chi connectivity index (χ1n) is 6.85. The van der Waals surface area contributed by atoms with Gasteiger partial charge in [-0.05, 0) is 24.3 Å². The number of hydrogen-bond donors (Lipinski definition) is 2. The fourth-order valence-corrected chi connectivity index (χ4v) is 2.37. The van der Waals surface area contributed by atoms with Gasteiger partial charge in [0, 0.05) is 18.5 Å². The van der Waals surface area contributed by atoms with E-state index in [0.717, 1.165) is 5.65 Å². The summed E-state index contributed by atoms with van der Waals surface area (Å²) < 4.78 is 6.77. The largest absolute Gasteiger partial charge is 0.507 e. The van der Waals surface area contributed by atoms with Gasteiger partial charge in [-0.25, -0.2) is 4.98 Å². The normalized spacial score (nSPS) is 10.7. The lowest BCUT2D eigenvalue weighted by Crippen LogP contribution is -2.23. The highest BCUT2D eigenvalue weighted by Gasteiger charge is 2.12. The first kappa shape index (κ1) is 15.2. The van der Waals surface area contributed by atoms with Crippen molar-refractivity contribution in [3.8, 4) is 11.5 Å². The van der Waals surface area contributed by atoms with Crippen LogP contribution in [0.2, 0.25) is 5.02 Å². The molecule has 2 heterocycles. The first-order chi connectivity index (χ1) is 11.1. The van der Waals surface area contributed by atoms with E-state index in [2.05, 4.69) is 10.3 Å². The van der Waals surface area contributed by atoms with Crippen LogP contribution in [0, 0.1) is 0 Å². The second kappa shape index (κ2) is 6.18. The lowest BCUT2D eigenvalue weighted by Gasteiger charge is -2.07. The minimum Gasteiger partial charge on any atom is -0.507 e. The molecule has 0 saturated heterocycles. The van der Waals surface area contributed by atoms with Crippen LogP contribution < -0.4 is 10.1 Å². The van der Waals surface area contributed by atoms with Crippen LogP contribution in [0.1, 0.15) is 16.1 Å². The van der Waals surface area contributed by atoms with E-state index in [1.807, 2.05) is 0 Å². The van der Waals surface area contributed by atoms with Crippen molar-refractivity contribution in [2.45, 2.75) is 6.54 Å². The molecule has 7 heteroatoms. The molecule has 1 amide bonds. The zero-order chi connectivity index (χ0) is 16.4. The second-order valence-corrected chi connectivity index (χ2v) is 5.35. The number of halogens is 1. The lowest BCUT2D eigenvalue weighted by molar-refractivity contribution is 0.0948. The number of imidazole rings is 1. The molecule has 0 atom stereocenters. The van der Waals surface area contributed by atoms with Crippen LogP contribution in [-0.2, 0) is 6.54 Å². The number of methoxy groups -OCH3 is 1. The molecule has 0 aliphatic heterocycles. The lowest BCUT2D eigenvalue weighted by atomic mass is 10.2. The summed E-state index contributed by atoms with van der Waals surface area (Å²) in [5, 5.41) is 13.2. The predicted molar refractivity (Wildman–Crippen MR) is 86.0 cm³/mol. The quantitative estimate of drug-likeness (QED) is 0.770. The van der Waals surface area contributed by atoms with Crippen LogP contribution in [0.3, 0.4) is 0 Å². The molecular weight excluding hydrogens is 318 g/mol. The monoisotopic (exact) mass is 331 g/mol. The number of aromatic nitrogens is 2. The van der Waals surface area contributed by atoms with Gasteiger partial charge in [0.2, 0.25) is 0 Å². The smallest absolute Gasteiger partial charge is 0.255 e. The van der Waals surface area contributed by atoms with Crippen molar-refractivity contribution < 1.29 is 14.6 Å². The van der Waals surface area contributed by atoms with Gasteiger partial charge < -0.3 is 19.6 Å². The number of phenols is 1. The Hall–Kier alpha value is -2.73. The highest BCUT2D eigenvalue weighted by atomic mass is 35.5. The van der Waals surface area contributed by atoms with Crippen molar-refractivity contribution in [3.63, 3.8) is 0 Å². The Bertz CT molecular complexity index is 876. The van der Waals surface area contributed by atoms with Crippen molar-refractivity contribution in [2.75, 3.05) is 7.11 Å². The minimum atomic E-state index is -0.389. The number of fused-ring (bicyclic) bond motifs is 1. The minimum absolute atomic E-state index is 0.136. The number of nitrogens with zero attached hydrogens (tertiary/aromatic N) is 2. The van der Waals surface area contributed by atoms with Crippen molar-refractivity contribution in [1.82, 2.24) is 14.7 Å². The number of phenolic OH excluding ortho intramolecular Hbond substituents is 1. The maximum Gasteiger partial charge on any atom is 0.255 e. The molecule has 1 aromatic carbocycles. The number of amides is 1. The summed E-state index contributed by atoms with van der Waals surface area (Å²) in [5.74, 6) is -0.0415. The number of carbonyl (C=O) groups is 1. The van der Waals surface area contributed by atoms with Crippen molar-refractivity contribution in [3.05, 3.63) is 59.0 Å². The second-order valence-electron chi connectivity index (χ2n) is 4.91. The van der Waals surface area contributed by atoms with Gasteiger partial charge in [0.25, 0.3) is 5.91 Å². The Morgan fingerprint density at radius 2 is 2.17 bits per heavy atom. The van der Waals surface area contributed by atoms with E-state index < -0.39 is 0 Å². The van der Waals surface area contributed by atoms with Gasteiger partial charge in [-0.15, -0.1) is 0 Å². The molecule has 0 saturated carbocycles. The molecule has 0 aliphatic rings. The van der Waals surface area contributed by atoms with E-state index in [1.165, 1.54) is 19.2 Å². The third-order valence-corrected chi connectivity index (χ3v) is 3.57. The molecular formula is C16H14ClN3O3. The van der Waals surface area contributed by atoms with E-state index in [0.29, 0.717) is 16.5 Å². The third-order valence-electron chi connectivity index (χ3n) is 3.34. The van der Waals surface area contributed by atoms with Crippen LogP contribution >= 0.6 is 11.6 Å². The number of nitrogens with one attached hydrogen (secondary N) is 1. The van der Waals surface area contributed by atoms with Crippen LogP contribution in [0.4, 0.5) is 0 Å². The summed E-state index contributed by atoms with van der Waals surface area (Å²) in [5.41, 5.74) is 1.61. The highest BCUT2D eigenvalue weighted by Crippen LogP contribution is 2.23. The summed E-state index contributed by atoms with van der Waals surface area (Å²) in [6, 6.07) is 8.06. The van der Waals surface area contributed by atoms with Crippen molar-refractivity contribution in [2.24, 2.45) is 0 Å². The molecule has 3 rings (SSSR count). The van der Waals surface area contributed by atoms with Gasteiger partial charge in [0.15, 0.2) is 0 Å². The Labute approximate surface area is 137 Å². The molecule has 0 bridgehead atoms. The molecule has 2 N–H and O–H groups in total. The molecule has 2 aromatic heterocycles. The van der Waals surface area contributed by atoms with Crippen LogP contribution in [0.25, 0.3) is 5.65 Å². The fourth-order valence-electron chi connectivity index (χ4n) is 2.20. The SMILES string of the molecule is COc1ccc(C(=O)NCc2cn3cc(Cl)ccc3n2)c(O)c1. The van der Waals surface area contributed by atoms with E-state index in [9.17, 15) is 9.90 Å². The zero-order valence-electron chi connectivity index (χ0n) is 12.3. The van der Waals surface area contributed by atoms with E-state index in [1.54, 1.807) is 35.0 Å². The number of aromatic hydroxyl groups is 1. The van der Waals surface area contributed by atoms with Crippen molar-refractivity contribution >= 4 is 23.2 Å². The Morgan fingerprint density at radius 3 is 2.91 bits per heavy atom. The summed E-state index contributed by atoms with van der Waals surface area (Å²) in [7, 11) is 1.49. The fraction of sp³-hybridized carbons (Fsp3) is 0.125. The van der Waals surface area contributed by atoms with Crippen LogP contribution in [0.5, 0.6) is 11.5 Å². The number of benzene rings is 1. The Kier molecular flexibility index (Phi) is 4.08. The maximum absolute atomic E-state index is 12.1. The zero-order valence-corrected chi connectivity index (χ0v) is 13.0. The van der Waals surface area contributed by atoms with Gasteiger partial charge in [-0.1, -0.05) is 11.6 Å². The summed E-state index contributed by atoms with van der Waals surface area (Å²) in [6.07, 6.45) is 3.53. The van der Waals surface area contributed by atoms with Crippen LogP contribution in [0.15, 0.2) is 42.7 Å². The number of rotatable bonds is 4.